The second kappa shape index (κ2) is 18.9. The second-order valence-electron chi connectivity index (χ2n) is 16.3. The van der Waals surface area contributed by atoms with Crippen LogP contribution in [0.2, 0.25) is 5.02 Å². The molecule has 0 saturated carbocycles. The van der Waals surface area contributed by atoms with Gasteiger partial charge in [0.1, 0.15) is 17.1 Å². The van der Waals surface area contributed by atoms with Crippen molar-refractivity contribution in [2.24, 2.45) is 0 Å². The number of piperazine rings is 1. The van der Waals surface area contributed by atoms with Gasteiger partial charge in [-0.1, -0.05) is 23.2 Å². The molecule has 0 atom stereocenters. The third kappa shape index (κ3) is 9.42. The van der Waals surface area contributed by atoms with Crippen molar-refractivity contribution in [3.05, 3.63) is 146 Å². The summed E-state index contributed by atoms with van der Waals surface area (Å²) >= 11 is 6.06. The van der Waals surface area contributed by atoms with Gasteiger partial charge in [-0.2, -0.15) is 0 Å². The zero-order valence-corrected chi connectivity index (χ0v) is 36.3. The maximum absolute atomic E-state index is 13.6. The molecule has 13 nitrogen and oxygen atoms in total. The fourth-order valence-corrected chi connectivity index (χ4v) is 8.75. The number of aromatic nitrogens is 1. The van der Waals surface area contributed by atoms with Crippen LogP contribution in [0.25, 0.3) is 44.3 Å². The first kappa shape index (κ1) is 43.8. The molecule has 5 aromatic rings. The number of hydrogen-bond acceptors (Lipinski definition) is 9. The Morgan fingerprint density at radius 1 is 0.734 bits per heavy atom. The van der Waals surface area contributed by atoms with E-state index in [1.807, 2.05) is 32.0 Å². The minimum Gasteiger partial charge on any atom is -0.508 e. The van der Waals surface area contributed by atoms with Crippen molar-refractivity contribution in [1.29, 1.82) is 0 Å². The van der Waals surface area contributed by atoms with Gasteiger partial charge in [-0.05, 0) is 130 Å². The Hall–Kier alpha value is -6.80. The highest BCUT2D eigenvalue weighted by Gasteiger charge is 2.25. The molecule has 328 valence electrons. The van der Waals surface area contributed by atoms with Crippen LogP contribution in [-0.2, 0) is 11.2 Å². The Kier molecular flexibility index (Phi) is 12.9. The number of carboxylic acids is 1. The highest BCUT2D eigenvalue weighted by Crippen LogP contribution is 2.42. The number of phenols is 1. The third-order valence-corrected chi connectivity index (χ3v) is 12.2. The molecule has 0 radical (unpaired) electrons. The van der Waals surface area contributed by atoms with Gasteiger partial charge in [0.2, 0.25) is 5.91 Å². The normalized spacial score (nSPS) is 13.4. The lowest BCUT2D eigenvalue weighted by Gasteiger charge is -2.34. The van der Waals surface area contributed by atoms with E-state index in [1.165, 1.54) is 36.4 Å². The van der Waals surface area contributed by atoms with Gasteiger partial charge in [0.15, 0.2) is 5.43 Å². The molecule has 3 aliphatic rings. The van der Waals surface area contributed by atoms with Crippen LogP contribution in [0.1, 0.15) is 60.7 Å². The Morgan fingerprint density at radius 3 is 2.12 bits per heavy atom. The van der Waals surface area contributed by atoms with E-state index in [4.69, 9.17) is 16.0 Å². The molecule has 8 rings (SSSR count). The van der Waals surface area contributed by atoms with Crippen molar-refractivity contribution >= 4 is 57.2 Å². The minimum absolute atomic E-state index is 0.0272. The molecule has 0 unspecified atom stereocenters. The number of amides is 2. The average Bonchev–Trinajstić information content (AvgIpc) is 3.54. The van der Waals surface area contributed by atoms with Crippen LogP contribution >= 0.6 is 11.6 Å². The summed E-state index contributed by atoms with van der Waals surface area (Å²) in [7, 11) is 0. The number of halogens is 1. The van der Waals surface area contributed by atoms with Crippen LogP contribution in [0, 0.1) is 13.8 Å². The van der Waals surface area contributed by atoms with Crippen LogP contribution in [0.3, 0.4) is 0 Å². The predicted molar refractivity (Wildman–Crippen MR) is 247 cm³/mol. The second-order valence-corrected chi connectivity index (χ2v) is 16.7. The van der Waals surface area contributed by atoms with Gasteiger partial charge >= 0.3 is 5.97 Å². The molecule has 1 saturated heterocycles. The number of carbonyl (C=O) groups is 4. The number of benzene rings is 5. The van der Waals surface area contributed by atoms with Crippen LogP contribution in [0.5, 0.6) is 5.75 Å². The number of phenolic OH excluding ortho intramolecular Hbond substituents is 1. The Balaban J connectivity index is 0.802. The van der Waals surface area contributed by atoms with E-state index < -0.39 is 5.97 Å². The SMILES string of the molecule is Cc1ccc2c(c1)c(CC(=O)NCCCN1CCN(CCCNC(=O)c3ccc(C(=O)O)c(-c4c5ccc(=O)cc-5oc5cc(O)ccc45)c3)CC1)c(C)n2C(=O)c1ccc(Cl)cc1. The molecule has 1 aliphatic carbocycles. The van der Waals surface area contributed by atoms with Gasteiger partial charge in [0, 0.05) is 95.1 Å². The summed E-state index contributed by atoms with van der Waals surface area (Å²) in [6, 6.07) is 25.9. The Morgan fingerprint density at radius 2 is 1.42 bits per heavy atom. The zero-order valence-electron chi connectivity index (χ0n) is 35.6. The lowest BCUT2D eigenvalue weighted by molar-refractivity contribution is -0.120. The molecule has 14 heteroatoms. The standard InChI is InChI=1S/C50H48ClN5O8/c1-30-5-16-43-41(25-30)40(31(2)56(43)49(61)32-6-9-34(51)10-7-32)29-46(59)52-17-3-19-54-21-23-55(24-22-54)20-4-18-53-48(60)33-8-13-37(50(62)63)42(26-33)47-38-14-11-35(57)27-44(38)64-45-28-36(58)12-15-39(45)47/h5-16,25-28,57H,3-4,17-24,29H2,1-2H3,(H,52,59)(H,53,60)(H,62,63). The van der Waals surface area contributed by atoms with Gasteiger partial charge in [-0.3, -0.25) is 23.7 Å². The monoisotopic (exact) mass is 881 g/mol. The van der Waals surface area contributed by atoms with E-state index in [-0.39, 0.29) is 63.4 Å². The quantitative estimate of drug-likeness (QED) is 0.0638. The van der Waals surface area contributed by atoms with Gasteiger partial charge in [-0.15, -0.1) is 0 Å². The largest absolute Gasteiger partial charge is 0.508 e. The number of aromatic carboxylic acids is 1. The number of rotatable bonds is 14. The third-order valence-electron chi connectivity index (χ3n) is 12.0. The smallest absolute Gasteiger partial charge is 0.336 e. The number of nitrogens with zero attached hydrogens (tertiary/aromatic N) is 3. The number of fused-ring (bicyclic) bond motifs is 3. The van der Waals surface area contributed by atoms with Crippen molar-refractivity contribution in [3.63, 3.8) is 0 Å². The lowest BCUT2D eigenvalue weighted by atomic mass is 9.89. The van der Waals surface area contributed by atoms with Crippen LogP contribution in [-0.4, -0.2) is 101 Å². The van der Waals surface area contributed by atoms with E-state index >= 15 is 0 Å². The van der Waals surface area contributed by atoms with Gasteiger partial charge in [0.05, 0.1) is 17.5 Å². The van der Waals surface area contributed by atoms with Crippen molar-refractivity contribution in [2.45, 2.75) is 33.1 Å². The van der Waals surface area contributed by atoms with Crippen molar-refractivity contribution in [1.82, 2.24) is 25.0 Å². The summed E-state index contributed by atoms with van der Waals surface area (Å²) in [5.41, 5.74) is 5.38. The number of aromatic hydroxyl groups is 1. The van der Waals surface area contributed by atoms with E-state index in [1.54, 1.807) is 47.0 Å². The van der Waals surface area contributed by atoms with Crippen LogP contribution in [0.15, 0.2) is 106 Å². The molecule has 0 spiro atoms. The number of nitrogens with one attached hydrogen (secondary N) is 2. The molecule has 3 heterocycles. The zero-order chi connectivity index (χ0) is 45.1. The fraction of sp³-hybridized carbons (Fsp3) is 0.260. The van der Waals surface area contributed by atoms with E-state index in [0.29, 0.717) is 40.2 Å². The molecule has 64 heavy (non-hydrogen) atoms. The fourth-order valence-electron chi connectivity index (χ4n) is 8.63. The van der Waals surface area contributed by atoms with Gasteiger partial charge in [0.25, 0.3) is 11.8 Å². The molecular weight excluding hydrogens is 834 g/mol. The first-order valence-electron chi connectivity index (χ1n) is 21.3. The average molecular weight is 882 g/mol. The number of hydrogen-bond donors (Lipinski definition) is 4. The molecule has 1 aromatic heterocycles. The molecule has 2 aliphatic heterocycles. The van der Waals surface area contributed by atoms with Gasteiger partial charge in [-0.25, -0.2) is 4.79 Å². The number of carboxylic acid groups (broad SMARTS) is 1. The molecular formula is C50H48ClN5O8. The van der Waals surface area contributed by atoms with Crippen molar-refractivity contribution in [2.75, 3.05) is 52.4 Å². The lowest BCUT2D eigenvalue weighted by Crippen LogP contribution is -2.47. The first-order valence-corrected chi connectivity index (χ1v) is 21.7. The molecule has 1 fully saturated rings. The van der Waals surface area contributed by atoms with Crippen LogP contribution < -0.4 is 16.1 Å². The summed E-state index contributed by atoms with van der Waals surface area (Å²) in [5.74, 6) is -1.62. The Labute approximate surface area is 374 Å². The summed E-state index contributed by atoms with van der Waals surface area (Å²) in [4.78, 5) is 69.7. The van der Waals surface area contributed by atoms with E-state index in [2.05, 4.69) is 20.4 Å². The number of aryl methyl sites for hydroxylation is 1. The molecule has 4 N–H and O–H groups in total. The van der Waals surface area contributed by atoms with Crippen molar-refractivity contribution in [3.8, 4) is 28.2 Å². The van der Waals surface area contributed by atoms with E-state index in [0.717, 1.165) is 79.8 Å². The maximum Gasteiger partial charge on any atom is 0.336 e. The molecule has 4 aromatic carbocycles. The summed E-state index contributed by atoms with van der Waals surface area (Å²) in [6.45, 7) is 10.1. The predicted octanol–water partition coefficient (Wildman–Crippen LogP) is 7.37. The minimum atomic E-state index is -1.18. The van der Waals surface area contributed by atoms with E-state index in [9.17, 15) is 34.2 Å². The highest BCUT2D eigenvalue weighted by atomic mass is 35.5. The summed E-state index contributed by atoms with van der Waals surface area (Å²) < 4.78 is 7.62. The first-order chi connectivity index (χ1) is 30.8. The van der Waals surface area contributed by atoms with Crippen molar-refractivity contribution < 1.29 is 33.8 Å². The van der Waals surface area contributed by atoms with Gasteiger partial charge < -0.3 is 35.1 Å². The molecule has 2 amide bonds. The summed E-state index contributed by atoms with van der Waals surface area (Å²) in [5, 5.41) is 28.3. The topological polar surface area (TPSA) is 174 Å². The Bertz CT molecular complexity index is 2950. The summed E-state index contributed by atoms with van der Waals surface area (Å²) in [6.07, 6.45) is 1.70. The van der Waals surface area contributed by atoms with Crippen LogP contribution in [0.4, 0.5) is 0 Å². The maximum atomic E-state index is 13.6. The highest BCUT2D eigenvalue weighted by molar-refractivity contribution is 6.30. The molecule has 0 bridgehead atoms. The number of carbonyl (C=O) groups excluding carboxylic acids is 3.